The van der Waals surface area contributed by atoms with Crippen molar-refractivity contribution in [2.75, 3.05) is 24.7 Å². The molecule has 0 aromatic heterocycles. The lowest BCUT2D eigenvalue weighted by Crippen LogP contribution is -2.37. The normalized spacial score (nSPS) is 18.7. The molecule has 0 aliphatic carbocycles. The Morgan fingerprint density at radius 3 is 2.73 bits per heavy atom. The van der Waals surface area contributed by atoms with E-state index in [0.717, 1.165) is 0 Å². The van der Waals surface area contributed by atoms with Crippen molar-refractivity contribution >= 4 is 17.5 Å². The predicted octanol–water partition coefficient (Wildman–Crippen LogP) is 2.13. The monoisotopic (exact) mass is 356 g/mol. The van der Waals surface area contributed by atoms with Gasteiger partial charge in [-0.1, -0.05) is 6.07 Å². The summed E-state index contributed by atoms with van der Waals surface area (Å²) in [5.41, 5.74) is 0.928. The fourth-order valence-electron chi connectivity index (χ4n) is 3.15. The number of amides is 2. The minimum atomic E-state index is -0.474. The van der Waals surface area contributed by atoms with Gasteiger partial charge in [0, 0.05) is 30.3 Å². The summed E-state index contributed by atoms with van der Waals surface area (Å²) < 4.78 is 24.3. The number of anilines is 1. The Morgan fingerprint density at radius 2 is 1.92 bits per heavy atom. The fourth-order valence-corrected chi connectivity index (χ4v) is 3.15. The minimum Gasteiger partial charge on any atom is -0.486 e. The molecule has 1 N–H and O–H groups in total. The number of nitrogens with zero attached hydrogens (tertiary/aromatic N) is 1. The molecule has 1 fully saturated rings. The van der Waals surface area contributed by atoms with Gasteiger partial charge in [0.1, 0.15) is 19.0 Å². The number of hydrogen-bond acceptors (Lipinski definition) is 4. The highest BCUT2D eigenvalue weighted by Gasteiger charge is 2.32. The van der Waals surface area contributed by atoms with Crippen molar-refractivity contribution in [2.24, 2.45) is 0 Å². The van der Waals surface area contributed by atoms with E-state index in [1.165, 1.54) is 24.3 Å². The van der Waals surface area contributed by atoms with Gasteiger partial charge in [0.2, 0.25) is 5.91 Å². The highest BCUT2D eigenvalue weighted by molar-refractivity contribution is 5.99. The Bertz CT molecular complexity index is 870. The van der Waals surface area contributed by atoms with E-state index in [-0.39, 0.29) is 23.9 Å². The molecule has 134 valence electrons. The van der Waals surface area contributed by atoms with Gasteiger partial charge in [-0.2, -0.15) is 0 Å². The smallest absolute Gasteiger partial charge is 0.251 e. The van der Waals surface area contributed by atoms with Gasteiger partial charge in [0.05, 0.1) is 6.04 Å². The Labute approximate surface area is 149 Å². The van der Waals surface area contributed by atoms with Crippen molar-refractivity contribution in [1.82, 2.24) is 5.32 Å². The van der Waals surface area contributed by atoms with Gasteiger partial charge in [-0.3, -0.25) is 9.59 Å². The zero-order chi connectivity index (χ0) is 18.1. The van der Waals surface area contributed by atoms with E-state index in [9.17, 15) is 14.0 Å². The van der Waals surface area contributed by atoms with Crippen molar-refractivity contribution in [2.45, 2.75) is 12.5 Å². The topological polar surface area (TPSA) is 67.9 Å². The molecular formula is C19H17FN2O4. The van der Waals surface area contributed by atoms with Crippen molar-refractivity contribution < 1.29 is 23.5 Å². The number of benzene rings is 2. The molecule has 1 saturated heterocycles. The number of nitrogens with one attached hydrogen (secondary N) is 1. The van der Waals surface area contributed by atoms with Crippen LogP contribution in [-0.4, -0.2) is 37.6 Å². The average Bonchev–Trinajstić information content (AvgIpc) is 3.01. The molecular weight excluding hydrogens is 339 g/mol. The van der Waals surface area contributed by atoms with Crippen LogP contribution < -0.4 is 19.7 Å². The van der Waals surface area contributed by atoms with Gasteiger partial charge in [-0.05, 0) is 30.3 Å². The molecule has 6 nitrogen and oxygen atoms in total. The van der Waals surface area contributed by atoms with Crippen LogP contribution in [-0.2, 0) is 4.79 Å². The van der Waals surface area contributed by atoms with E-state index in [4.69, 9.17) is 9.47 Å². The summed E-state index contributed by atoms with van der Waals surface area (Å²) in [4.78, 5) is 26.2. The highest BCUT2D eigenvalue weighted by atomic mass is 19.1. The van der Waals surface area contributed by atoms with E-state index >= 15 is 0 Å². The second kappa shape index (κ2) is 6.67. The SMILES string of the molecule is O=C(N[C@H]1CC(=O)N(c2ccc3c(c2)OCCO3)C1)c1cccc(F)c1. The van der Waals surface area contributed by atoms with Crippen molar-refractivity contribution in [3.8, 4) is 11.5 Å². The number of carbonyl (C=O) groups is 2. The van der Waals surface area contributed by atoms with Crippen LogP contribution in [0.25, 0.3) is 0 Å². The Morgan fingerprint density at radius 1 is 1.12 bits per heavy atom. The number of halogens is 1. The summed E-state index contributed by atoms with van der Waals surface area (Å²) in [5.74, 6) is 0.298. The van der Waals surface area contributed by atoms with E-state index in [1.807, 2.05) is 0 Å². The van der Waals surface area contributed by atoms with Gasteiger partial charge in [0.25, 0.3) is 5.91 Å². The summed E-state index contributed by atoms with van der Waals surface area (Å²) in [5, 5.41) is 2.79. The van der Waals surface area contributed by atoms with Gasteiger partial charge in [0.15, 0.2) is 11.5 Å². The van der Waals surface area contributed by atoms with Crippen molar-refractivity contribution in [3.05, 3.63) is 53.8 Å². The molecule has 2 aromatic carbocycles. The lowest BCUT2D eigenvalue weighted by atomic mass is 10.2. The number of fused-ring (bicyclic) bond motifs is 1. The number of carbonyl (C=O) groups excluding carboxylic acids is 2. The molecule has 0 unspecified atom stereocenters. The summed E-state index contributed by atoms with van der Waals surface area (Å²) in [6, 6.07) is 10.5. The summed E-state index contributed by atoms with van der Waals surface area (Å²) in [6.45, 7) is 1.32. The number of rotatable bonds is 3. The molecule has 2 aliphatic rings. The van der Waals surface area contributed by atoms with Crippen LogP contribution in [0.3, 0.4) is 0 Å². The maximum absolute atomic E-state index is 13.3. The van der Waals surface area contributed by atoms with Gasteiger partial charge >= 0.3 is 0 Å². The van der Waals surface area contributed by atoms with Crippen LogP contribution >= 0.6 is 0 Å². The Kier molecular flexibility index (Phi) is 4.20. The molecule has 7 heteroatoms. The van der Waals surface area contributed by atoms with E-state index in [1.54, 1.807) is 23.1 Å². The Balaban J connectivity index is 1.46. The van der Waals surface area contributed by atoms with Crippen LogP contribution in [0.2, 0.25) is 0 Å². The first-order chi connectivity index (χ1) is 12.6. The predicted molar refractivity (Wildman–Crippen MR) is 92.1 cm³/mol. The van der Waals surface area contributed by atoms with Gasteiger partial charge in [-0.15, -0.1) is 0 Å². The second-order valence-electron chi connectivity index (χ2n) is 6.22. The zero-order valence-electron chi connectivity index (χ0n) is 13.9. The van der Waals surface area contributed by atoms with Crippen LogP contribution in [0.1, 0.15) is 16.8 Å². The lowest BCUT2D eigenvalue weighted by molar-refractivity contribution is -0.117. The summed E-state index contributed by atoms with van der Waals surface area (Å²) >= 11 is 0. The molecule has 1 atom stereocenters. The summed E-state index contributed by atoms with van der Waals surface area (Å²) in [6.07, 6.45) is 0.190. The van der Waals surface area contributed by atoms with Crippen LogP contribution in [0, 0.1) is 5.82 Å². The average molecular weight is 356 g/mol. The van der Waals surface area contributed by atoms with Crippen molar-refractivity contribution in [1.29, 1.82) is 0 Å². The molecule has 2 aliphatic heterocycles. The second-order valence-corrected chi connectivity index (χ2v) is 6.22. The van der Waals surface area contributed by atoms with Gasteiger partial charge in [-0.25, -0.2) is 4.39 Å². The van der Waals surface area contributed by atoms with Crippen LogP contribution in [0.15, 0.2) is 42.5 Å². The molecule has 0 bridgehead atoms. The molecule has 26 heavy (non-hydrogen) atoms. The lowest BCUT2D eigenvalue weighted by Gasteiger charge is -2.22. The van der Waals surface area contributed by atoms with Crippen LogP contribution in [0.5, 0.6) is 11.5 Å². The van der Waals surface area contributed by atoms with Crippen molar-refractivity contribution in [3.63, 3.8) is 0 Å². The van der Waals surface area contributed by atoms with E-state index in [0.29, 0.717) is 36.9 Å². The third kappa shape index (κ3) is 3.20. The number of ether oxygens (including phenoxy) is 2. The molecule has 2 amide bonds. The third-order valence-electron chi connectivity index (χ3n) is 4.38. The van der Waals surface area contributed by atoms with Crippen LogP contribution in [0.4, 0.5) is 10.1 Å². The molecule has 0 saturated carbocycles. The Hall–Kier alpha value is -3.09. The molecule has 2 heterocycles. The molecule has 0 spiro atoms. The highest BCUT2D eigenvalue weighted by Crippen LogP contribution is 2.35. The zero-order valence-corrected chi connectivity index (χ0v) is 13.9. The summed E-state index contributed by atoms with van der Waals surface area (Å²) in [7, 11) is 0. The molecule has 2 aromatic rings. The first-order valence-electron chi connectivity index (χ1n) is 8.36. The largest absolute Gasteiger partial charge is 0.486 e. The quantitative estimate of drug-likeness (QED) is 0.915. The van der Waals surface area contributed by atoms with E-state index < -0.39 is 11.7 Å². The minimum absolute atomic E-state index is 0.0915. The number of hydrogen-bond donors (Lipinski definition) is 1. The standard InChI is InChI=1S/C19H17FN2O4/c20-13-3-1-2-12(8-13)19(24)21-14-9-18(23)22(11-14)15-4-5-16-17(10-15)26-7-6-25-16/h1-5,8,10,14H,6-7,9,11H2,(H,21,24)/t14-/m0/s1. The van der Waals surface area contributed by atoms with Gasteiger partial charge < -0.3 is 19.7 Å². The first-order valence-corrected chi connectivity index (χ1v) is 8.36. The molecule has 0 radical (unpaired) electrons. The third-order valence-corrected chi connectivity index (χ3v) is 4.38. The fraction of sp³-hybridized carbons (Fsp3) is 0.263. The van der Waals surface area contributed by atoms with E-state index in [2.05, 4.69) is 5.32 Å². The maximum Gasteiger partial charge on any atom is 0.251 e. The maximum atomic E-state index is 13.3. The first kappa shape index (κ1) is 16.4. The molecule has 4 rings (SSSR count).